The highest BCUT2D eigenvalue weighted by molar-refractivity contribution is 5.18. The summed E-state index contributed by atoms with van der Waals surface area (Å²) in [6, 6.07) is 0.330. The third-order valence-electron chi connectivity index (χ3n) is 3.26. The number of H-pyrrole nitrogens is 1. The summed E-state index contributed by atoms with van der Waals surface area (Å²) in [5, 5.41) is 0. The standard InChI is InChI=1S/C15H26N2O2/c1-4-6-7-8-9-10-11-13-12(3)16-15(19-5-2)17-14(13)18/h4-11H2,1-3H3,(H,16,17,18). The monoisotopic (exact) mass is 266 g/mol. The van der Waals surface area contributed by atoms with E-state index in [2.05, 4.69) is 16.9 Å². The number of hydrogen-bond donors (Lipinski definition) is 1. The Morgan fingerprint density at radius 2 is 1.79 bits per heavy atom. The zero-order valence-electron chi connectivity index (χ0n) is 12.4. The van der Waals surface area contributed by atoms with Crippen molar-refractivity contribution in [2.45, 2.75) is 65.7 Å². The van der Waals surface area contributed by atoms with Crippen molar-refractivity contribution in [1.82, 2.24) is 9.97 Å². The molecular formula is C15H26N2O2. The Labute approximate surface area is 115 Å². The SMILES string of the molecule is CCCCCCCCc1c(C)nc(OCC)[nH]c1=O. The molecule has 0 aliphatic rings. The Morgan fingerprint density at radius 1 is 1.11 bits per heavy atom. The second kappa shape index (κ2) is 8.73. The molecular weight excluding hydrogens is 240 g/mol. The van der Waals surface area contributed by atoms with Gasteiger partial charge in [0.25, 0.3) is 11.6 Å². The van der Waals surface area contributed by atoms with Crippen molar-refractivity contribution in [1.29, 1.82) is 0 Å². The highest BCUT2D eigenvalue weighted by atomic mass is 16.5. The van der Waals surface area contributed by atoms with Crippen molar-refractivity contribution in [2.75, 3.05) is 6.61 Å². The molecule has 0 atom stereocenters. The van der Waals surface area contributed by atoms with Gasteiger partial charge in [-0.05, 0) is 26.7 Å². The van der Waals surface area contributed by atoms with E-state index in [1.54, 1.807) is 0 Å². The third-order valence-corrected chi connectivity index (χ3v) is 3.26. The van der Waals surface area contributed by atoms with Crippen molar-refractivity contribution in [3.8, 4) is 6.01 Å². The molecule has 0 aliphatic heterocycles. The van der Waals surface area contributed by atoms with Crippen LogP contribution in [-0.2, 0) is 6.42 Å². The number of nitrogens with zero attached hydrogens (tertiary/aromatic N) is 1. The van der Waals surface area contributed by atoms with Crippen LogP contribution < -0.4 is 10.3 Å². The van der Waals surface area contributed by atoms with Crippen LogP contribution in [0, 0.1) is 6.92 Å². The predicted molar refractivity (Wildman–Crippen MR) is 77.8 cm³/mol. The average Bonchev–Trinajstić information content (AvgIpc) is 2.36. The van der Waals surface area contributed by atoms with E-state index in [0.29, 0.717) is 12.6 Å². The summed E-state index contributed by atoms with van der Waals surface area (Å²) in [5.41, 5.74) is 1.55. The van der Waals surface area contributed by atoms with E-state index < -0.39 is 0 Å². The molecule has 0 bridgehead atoms. The van der Waals surface area contributed by atoms with Crippen LogP contribution in [-0.4, -0.2) is 16.6 Å². The molecule has 0 fully saturated rings. The van der Waals surface area contributed by atoms with Crippen molar-refractivity contribution < 1.29 is 4.74 Å². The van der Waals surface area contributed by atoms with Crippen LogP contribution in [0.15, 0.2) is 4.79 Å². The maximum atomic E-state index is 11.9. The van der Waals surface area contributed by atoms with Gasteiger partial charge in [-0.2, -0.15) is 0 Å². The van der Waals surface area contributed by atoms with Gasteiger partial charge in [-0.15, -0.1) is 0 Å². The summed E-state index contributed by atoms with van der Waals surface area (Å²) in [6.45, 7) is 6.48. The molecule has 1 rings (SSSR count). The van der Waals surface area contributed by atoms with Gasteiger partial charge in [-0.25, -0.2) is 4.98 Å². The minimum Gasteiger partial charge on any atom is -0.465 e. The number of rotatable bonds is 9. The largest absolute Gasteiger partial charge is 0.465 e. The zero-order valence-corrected chi connectivity index (χ0v) is 12.4. The fourth-order valence-electron chi connectivity index (χ4n) is 2.17. The summed E-state index contributed by atoms with van der Waals surface area (Å²) in [7, 11) is 0. The van der Waals surface area contributed by atoms with Crippen LogP contribution in [0.1, 0.15) is 63.6 Å². The van der Waals surface area contributed by atoms with Gasteiger partial charge in [0.05, 0.1) is 12.3 Å². The smallest absolute Gasteiger partial charge is 0.296 e. The van der Waals surface area contributed by atoms with Crippen LogP contribution >= 0.6 is 0 Å². The summed E-state index contributed by atoms with van der Waals surface area (Å²) in [6.07, 6.45) is 8.19. The number of hydrogen-bond acceptors (Lipinski definition) is 3. The molecule has 0 aliphatic carbocycles. The van der Waals surface area contributed by atoms with Gasteiger partial charge in [0.1, 0.15) is 0 Å². The van der Waals surface area contributed by atoms with Gasteiger partial charge in [-0.1, -0.05) is 39.0 Å². The highest BCUT2D eigenvalue weighted by Crippen LogP contribution is 2.10. The van der Waals surface area contributed by atoms with Crippen molar-refractivity contribution in [2.24, 2.45) is 0 Å². The molecule has 0 amide bonds. The lowest BCUT2D eigenvalue weighted by Gasteiger charge is -2.07. The van der Waals surface area contributed by atoms with E-state index in [0.717, 1.165) is 24.1 Å². The van der Waals surface area contributed by atoms with E-state index >= 15 is 0 Å². The lowest BCUT2D eigenvalue weighted by molar-refractivity contribution is 0.310. The maximum absolute atomic E-state index is 11.9. The Hall–Kier alpha value is -1.32. The van der Waals surface area contributed by atoms with Crippen LogP contribution in [0.3, 0.4) is 0 Å². The van der Waals surface area contributed by atoms with Gasteiger partial charge in [0.15, 0.2) is 0 Å². The molecule has 4 heteroatoms. The molecule has 19 heavy (non-hydrogen) atoms. The minimum absolute atomic E-state index is 0.0514. The summed E-state index contributed by atoms with van der Waals surface area (Å²) >= 11 is 0. The first-order valence-electron chi connectivity index (χ1n) is 7.41. The van der Waals surface area contributed by atoms with Crippen LogP contribution in [0.5, 0.6) is 6.01 Å². The Balaban J connectivity index is 2.47. The normalized spacial score (nSPS) is 10.7. The highest BCUT2D eigenvalue weighted by Gasteiger charge is 2.08. The molecule has 0 spiro atoms. The van der Waals surface area contributed by atoms with E-state index in [-0.39, 0.29) is 5.56 Å². The zero-order chi connectivity index (χ0) is 14.1. The van der Waals surface area contributed by atoms with Crippen LogP contribution in [0.25, 0.3) is 0 Å². The number of unbranched alkanes of at least 4 members (excludes halogenated alkanes) is 5. The van der Waals surface area contributed by atoms with E-state index in [9.17, 15) is 4.79 Å². The lowest BCUT2D eigenvalue weighted by Crippen LogP contribution is -2.18. The fourth-order valence-corrected chi connectivity index (χ4v) is 2.17. The second-order valence-electron chi connectivity index (χ2n) is 4.89. The quantitative estimate of drug-likeness (QED) is 0.697. The van der Waals surface area contributed by atoms with E-state index in [1.165, 1.54) is 32.1 Å². The first kappa shape index (κ1) is 15.7. The Kier molecular flexibility index (Phi) is 7.23. The van der Waals surface area contributed by atoms with E-state index in [1.807, 2.05) is 13.8 Å². The number of nitrogens with one attached hydrogen (secondary N) is 1. The van der Waals surface area contributed by atoms with E-state index in [4.69, 9.17) is 4.74 Å². The number of aromatic amines is 1. The van der Waals surface area contributed by atoms with Crippen LogP contribution in [0.2, 0.25) is 0 Å². The summed E-state index contributed by atoms with van der Waals surface area (Å²) in [4.78, 5) is 18.9. The molecule has 108 valence electrons. The minimum atomic E-state index is -0.0514. The third kappa shape index (κ3) is 5.45. The predicted octanol–water partition coefficient (Wildman–Crippen LogP) is 3.38. The molecule has 4 nitrogen and oxygen atoms in total. The van der Waals surface area contributed by atoms with Gasteiger partial charge >= 0.3 is 0 Å². The average molecular weight is 266 g/mol. The van der Waals surface area contributed by atoms with Gasteiger partial charge in [0.2, 0.25) is 0 Å². The fraction of sp³-hybridized carbons (Fsp3) is 0.733. The first-order chi connectivity index (χ1) is 9.19. The van der Waals surface area contributed by atoms with Gasteiger partial charge in [0, 0.05) is 5.56 Å². The summed E-state index contributed by atoms with van der Waals surface area (Å²) < 4.78 is 5.23. The Bertz CT molecular complexity index is 427. The summed E-state index contributed by atoms with van der Waals surface area (Å²) in [5.74, 6) is 0. The molecule has 1 heterocycles. The topological polar surface area (TPSA) is 55.0 Å². The maximum Gasteiger partial charge on any atom is 0.296 e. The molecule has 0 unspecified atom stereocenters. The van der Waals surface area contributed by atoms with Crippen molar-refractivity contribution >= 4 is 0 Å². The lowest BCUT2D eigenvalue weighted by atomic mass is 10.1. The Morgan fingerprint density at radius 3 is 2.42 bits per heavy atom. The second-order valence-corrected chi connectivity index (χ2v) is 4.89. The number of ether oxygens (including phenoxy) is 1. The number of aryl methyl sites for hydroxylation is 1. The molecule has 0 saturated carbocycles. The first-order valence-corrected chi connectivity index (χ1v) is 7.41. The number of aromatic nitrogens is 2. The molecule has 1 aromatic heterocycles. The molecule has 0 saturated heterocycles. The molecule has 0 radical (unpaired) electrons. The molecule has 1 aromatic rings. The van der Waals surface area contributed by atoms with Crippen molar-refractivity contribution in [3.05, 3.63) is 21.6 Å². The van der Waals surface area contributed by atoms with Gasteiger partial charge < -0.3 is 4.74 Å². The van der Waals surface area contributed by atoms with Crippen LogP contribution in [0.4, 0.5) is 0 Å². The molecule has 1 N–H and O–H groups in total. The van der Waals surface area contributed by atoms with Gasteiger partial charge in [-0.3, -0.25) is 9.78 Å². The molecule has 0 aromatic carbocycles. The van der Waals surface area contributed by atoms with Crippen molar-refractivity contribution in [3.63, 3.8) is 0 Å².